The Morgan fingerprint density at radius 1 is 1.38 bits per heavy atom. The zero-order valence-electron chi connectivity index (χ0n) is 8.60. The molecule has 2 N–H and O–H groups in total. The summed E-state index contributed by atoms with van der Waals surface area (Å²) in [5.41, 5.74) is 7.08. The first-order valence-corrected chi connectivity index (χ1v) is 6.69. The SMILES string of the molecule is NC(CSc1cccc(Br)c1)c1ccoc1. The van der Waals surface area contributed by atoms with E-state index in [1.807, 2.05) is 18.2 Å². The van der Waals surface area contributed by atoms with Gasteiger partial charge in [0.1, 0.15) is 0 Å². The third-order valence-corrected chi connectivity index (χ3v) is 3.80. The van der Waals surface area contributed by atoms with Crippen molar-refractivity contribution < 1.29 is 4.42 Å². The molecule has 1 atom stereocenters. The molecule has 1 heterocycles. The minimum atomic E-state index is 0.0164. The molecule has 0 saturated heterocycles. The van der Waals surface area contributed by atoms with Gasteiger partial charge in [-0.2, -0.15) is 0 Å². The van der Waals surface area contributed by atoms with Crippen molar-refractivity contribution in [3.8, 4) is 0 Å². The lowest BCUT2D eigenvalue weighted by atomic mass is 10.2. The molecule has 0 fully saturated rings. The number of thioether (sulfide) groups is 1. The molecule has 16 heavy (non-hydrogen) atoms. The Bertz CT molecular complexity index is 444. The smallest absolute Gasteiger partial charge is 0.0950 e. The maximum absolute atomic E-state index is 6.03. The Morgan fingerprint density at radius 2 is 2.25 bits per heavy atom. The lowest BCUT2D eigenvalue weighted by Crippen LogP contribution is -2.11. The van der Waals surface area contributed by atoms with Crippen LogP contribution >= 0.6 is 27.7 Å². The van der Waals surface area contributed by atoms with Crippen LogP contribution in [0.1, 0.15) is 11.6 Å². The molecule has 2 rings (SSSR count). The Morgan fingerprint density at radius 3 is 2.94 bits per heavy atom. The third-order valence-electron chi connectivity index (χ3n) is 2.20. The zero-order valence-corrected chi connectivity index (χ0v) is 11.0. The van der Waals surface area contributed by atoms with Gasteiger partial charge in [-0.3, -0.25) is 0 Å². The van der Waals surface area contributed by atoms with Gasteiger partial charge in [0, 0.05) is 26.7 Å². The second kappa shape index (κ2) is 5.57. The van der Waals surface area contributed by atoms with Crippen LogP contribution in [0.2, 0.25) is 0 Å². The van der Waals surface area contributed by atoms with Crippen molar-refractivity contribution in [2.24, 2.45) is 5.73 Å². The Balaban J connectivity index is 1.92. The monoisotopic (exact) mass is 297 g/mol. The van der Waals surface area contributed by atoms with E-state index in [4.69, 9.17) is 10.2 Å². The van der Waals surface area contributed by atoms with Crippen molar-refractivity contribution in [2.75, 3.05) is 5.75 Å². The van der Waals surface area contributed by atoms with Gasteiger partial charge >= 0.3 is 0 Å². The van der Waals surface area contributed by atoms with Crippen LogP contribution in [0.3, 0.4) is 0 Å². The Kier molecular flexibility index (Phi) is 4.09. The van der Waals surface area contributed by atoms with Crippen molar-refractivity contribution in [1.29, 1.82) is 0 Å². The van der Waals surface area contributed by atoms with Gasteiger partial charge in [0.05, 0.1) is 12.5 Å². The van der Waals surface area contributed by atoms with E-state index in [0.29, 0.717) is 0 Å². The van der Waals surface area contributed by atoms with E-state index in [9.17, 15) is 0 Å². The van der Waals surface area contributed by atoms with Crippen LogP contribution in [0.5, 0.6) is 0 Å². The molecule has 2 aromatic rings. The highest BCUT2D eigenvalue weighted by Gasteiger charge is 2.07. The number of nitrogens with two attached hydrogens (primary N) is 1. The summed E-state index contributed by atoms with van der Waals surface area (Å²) in [5.74, 6) is 0.843. The maximum Gasteiger partial charge on any atom is 0.0950 e. The molecule has 84 valence electrons. The van der Waals surface area contributed by atoms with Crippen molar-refractivity contribution >= 4 is 27.7 Å². The first kappa shape index (κ1) is 11.8. The molecule has 1 aromatic heterocycles. The Labute approximate surface area is 107 Å². The summed E-state index contributed by atoms with van der Waals surface area (Å²) >= 11 is 5.19. The molecule has 0 radical (unpaired) electrons. The van der Waals surface area contributed by atoms with Crippen molar-refractivity contribution in [3.63, 3.8) is 0 Å². The topological polar surface area (TPSA) is 39.2 Å². The fourth-order valence-electron chi connectivity index (χ4n) is 1.32. The number of hydrogen-bond donors (Lipinski definition) is 1. The van der Waals surface area contributed by atoms with Gasteiger partial charge in [0.25, 0.3) is 0 Å². The predicted octanol–water partition coefficient (Wildman–Crippen LogP) is 3.83. The van der Waals surface area contributed by atoms with E-state index < -0.39 is 0 Å². The van der Waals surface area contributed by atoms with E-state index in [0.717, 1.165) is 15.8 Å². The van der Waals surface area contributed by atoms with Crippen molar-refractivity contribution in [1.82, 2.24) is 0 Å². The molecule has 0 saturated carbocycles. The quantitative estimate of drug-likeness (QED) is 0.872. The molecule has 2 nitrogen and oxygen atoms in total. The average Bonchev–Trinajstić information content (AvgIpc) is 2.79. The molecule has 0 spiro atoms. The second-order valence-corrected chi connectivity index (χ2v) is 5.44. The molecule has 4 heteroatoms. The van der Waals surface area contributed by atoms with Gasteiger partial charge in [-0.1, -0.05) is 22.0 Å². The lowest BCUT2D eigenvalue weighted by molar-refractivity contribution is 0.561. The number of hydrogen-bond acceptors (Lipinski definition) is 3. The fraction of sp³-hybridized carbons (Fsp3) is 0.167. The van der Waals surface area contributed by atoms with Gasteiger partial charge < -0.3 is 10.2 Å². The molecule has 0 aliphatic carbocycles. The minimum absolute atomic E-state index is 0.0164. The number of halogens is 1. The van der Waals surface area contributed by atoms with Crippen molar-refractivity contribution in [2.45, 2.75) is 10.9 Å². The highest BCUT2D eigenvalue weighted by Crippen LogP contribution is 2.25. The van der Waals surface area contributed by atoms with Gasteiger partial charge in [-0.15, -0.1) is 11.8 Å². The molecule has 1 unspecified atom stereocenters. The van der Waals surface area contributed by atoms with Crippen LogP contribution < -0.4 is 5.73 Å². The summed E-state index contributed by atoms with van der Waals surface area (Å²) in [7, 11) is 0. The summed E-state index contributed by atoms with van der Waals surface area (Å²) in [6, 6.07) is 10.1. The van der Waals surface area contributed by atoms with Gasteiger partial charge in [0.15, 0.2) is 0 Å². The highest BCUT2D eigenvalue weighted by molar-refractivity contribution is 9.10. The highest BCUT2D eigenvalue weighted by atomic mass is 79.9. The van der Waals surface area contributed by atoms with Crippen molar-refractivity contribution in [3.05, 3.63) is 52.9 Å². The standard InChI is InChI=1S/C12H12BrNOS/c13-10-2-1-3-11(6-10)16-8-12(14)9-4-5-15-7-9/h1-7,12H,8,14H2. The fourth-order valence-corrected chi connectivity index (χ4v) is 2.83. The second-order valence-electron chi connectivity index (χ2n) is 3.43. The van der Waals surface area contributed by atoms with Crippen LogP contribution in [0.4, 0.5) is 0 Å². The van der Waals surface area contributed by atoms with Gasteiger partial charge in [-0.25, -0.2) is 0 Å². The number of furan rings is 1. The normalized spacial score (nSPS) is 12.6. The summed E-state index contributed by atoms with van der Waals surface area (Å²) in [4.78, 5) is 1.22. The van der Waals surface area contributed by atoms with Crippen LogP contribution in [0, 0.1) is 0 Å². The number of rotatable bonds is 4. The molecule has 0 aliphatic heterocycles. The molecule has 0 bridgehead atoms. The zero-order chi connectivity index (χ0) is 11.4. The number of benzene rings is 1. The molecule has 1 aromatic carbocycles. The van der Waals surface area contributed by atoms with Gasteiger partial charge in [-0.05, 0) is 24.3 Å². The minimum Gasteiger partial charge on any atom is -0.472 e. The predicted molar refractivity (Wildman–Crippen MR) is 70.5 cm³/mol. The van der Waals surface area contributed by atoms with Crippen LogP contribution in [-0.4, -0.2) is 5.75 Å². The first-order chi connectivity index (χ1) is 7.75. The van der Waals surface area contributed by atoms with E-state index in [2.05, 4.69) is 28.1 Å². The molecular weight excluding hydrogens is 286 g/mol. The van der Waals surface area contributed by atoms with E-state index in [1.54, 1.807) is 24.3 Å². The van der Waals surface area contributed by atoms with E-state index >= 15 is 0 Å². The van der Waals surface area contributed by atoms with Gasteiger partial charge in [0.2, 0.25) is 0 Å². The molecule has 0 amide bonds. The first-order valence-electron chi connectivity index (χ1n) is 4.92. The average molecular weight is 298 g/mol. The summed E-state index contributed by atoms with van der Waals surface area (Å²) in [5, 5.41) is 0. The maximum atomic E-state index is 6.03. The third kappa shape index (κ3) is 3.14. The largest absolute Gasteiger partial charge is 0.472 e. The summed E-state index contributed by atoms with van der Waals surface area (Å²) in [6.45, 7) is 0. The van der Waals surface area contributed by atoms with Crippen LogP contribution in [0.15, 0.2) is 56.6 Å². The summed E-state index contributed by atoms with van der Waals surface area (Å²) in [6.07, 6.45) is 3.35. The van der Waals surface area contributed by atoms with Crippen LogP contribution in [-0.2, 0) is 0 Å². The Hall–Kier alpha value is -0.710. The van der Waals surface area contributed by atoms with Crippen LogP contribution in [0.25, 0.3) is 0 Å². The van der Waals surface area contributed by atoms with E-state index in [1.165, 1.54) is 4.90 Å². The van der Waals surface area contributed by atoms with E-state index in [-0.39, 0.29) is 6.04 Å². The summed E-state index contributed by atoms with van der Waals surface area (Å²) < 4.78 is 6.10. The lowest BCUT2D eigenvalue weighted by Gasteiger charge is -2.08. The molecule has 0 aliphatic rings. The molecular formula is C12H12BrNOS.